The molecular formula is C13H27N3O2. The van der Waals surface area contributed by atoms with Gasteiger partial charge in [0.1, 0.15) is 0 Å². The normalized spacial score (nSPS) is 22.9. The summed E-state index contributed by atoms with van der Waals surface area (Å²) in [7, 11) is 1.62. The van der Waals surface area contributed by atoms with Crippen molar-refractivity contribution in [3.05, 3.63) is 0 Å². The topological polar surface area (TPSA) is 67.6 Å². The highest BCUT2D eigenvalue weighted by Crippen LogP contribution is 2.37. The second kappa shape index (κ2) is 5.45. The molecule has 5 heteroatoms. The number of nitrogens with two attached hydrogens (primary N) is 1. The van der Waals surface area contributed by atoms with E-state index in [-0.39, 0.29) is 23.2 Å². The molecule has 3 N–H and O–H groups in total. The number of piperidine rings is 1. The van der Waals surface area contributed by atoms with Gasteiger partial charge in [-0.15, -0.1) is 0 Å². The van der Waals surface area contributed by atoms with Crippen LogP contribution in [0, 0.1) is 0 Å². The largest absolute Gasteiger partial charge is 0.383 e. The standard InChI is InChI=1S/C13H27N3O2/c1-12(2)8-10(14)9-13(3,4)16(12)11(17)15-6-7-18-5/h10H,6-9,14H2,1-5H3,(H,15,17). The summed E-state index contributed by atoms with van der Waals surface area (Å²) in [5.41, 5.74) is 5.64. The molecule has 0 bridgehead atoms. The van der Waals surface area contributed by atoms with Crippen molar-refractivity contribution in [2.75, 3.05) is 20.3 Å². The summed E-state index contributed by atoms with van der Waals surface area (Å²) >= 11 is 0. The Bertz CT molecular complexity index is 285. The van der Waals surface area contributed by atoms with Gasteiger partial charge in [-0.1, -0.05) is 0 Å². The molecule has 0 aromatic heterocycles. The van der Waals surface area contributed by atoms with Crippen LogP contribution in [0.25, 0.3) is 0 Å². The Kier molecular flexibility index (Phi) is 4.61. The van der Waals surface area contributed by atoms with E-state index >= 15 is 0 Å². The summed E-state index contributed by atoms with van der Waals surface area (Å²) < 4.78 is 4.95. The molecule has 1 heterocycles. The zero-order chi connectivity index (χ0) is 14.0. The Morgan fingerprint density at radius 1 is 1.33 bits per heavy atom. The van der Waals surface area contributed by atoms with Gasteiger partial charge in [-0.3, -0.25) is 0 Å². The van der Waals surface area contributed by atoms with Crippen LogP contribution in [-0.4, -0.2) is 48.3 Å². The number of amides is 2. The van der Waals surface area contributed by atoms with Crippen LogP contribution in [0.2, 0.25) is 0 Å². The molecule has 0 atom stereocenters. The smallest absolute Gasteiger partial charge is 0.318 e. The van der Waals surface area contributed by atoms with Gasteiger partial charge in [0, 0.05) is 30.8 Å². The first-order chi connectivity index (χ1) is 8.20. The van der Waals surface area contributed by atoms with Crippen LogP contribution in [0.3, 0.4) is 0 Å². The van der Waals surface area contributed by atoms with E-state index in [1.54, 1.807) is 7.11 Å². The molecule has 2 amide bonds. The first-order valence-corrected chi connectivity index (χ1v) is 6.53. The van der Waals surface area contributed by atoms with E-state index in [0.29, 0.717) is 13.2 Å². The number of carbonyl (C=O) groups is 1. The van der Waals surface area contributed by atoms with Gasteiger partial charge in [0.05, 0.1) is 6.61 Å². The van der Waals surface area contributed by atoms with Crippen LogP contribution in [0.4, 0.5) is 4.79 Å². The average molecular weight is 257 g/mol. The number of urea groups is 1. The third-order valence-corrected chi connectivity index (χ3v) is 3.52. The highest BCUT2D eigenvalue weighted by atomic mass is 16.5. The van der Waals surface area contributed by atoms with Crippen molar-refractivity contribution >= 4 is 6.03 Å². The molecule has 0 aliphatic carbocycles. The van der Waals surface area contributed by atoms with Crippen LogP contribution in [0.1, 0.15) is 40.5 Å². The van der Waals surface area contributed by atoms with Crippen molar-refractivity contribution in [2.24, 2.45) is 5.73 Å². The van der Waals surface area contributed by atoms with Gasteiger partial charge in [-0.05, 0) is 40.5 Å². The number of rotatable bonds is 3. The average Bonchev–Trinajstić information content (AvgIpc) is 2.12. The van der Waals surface area contributed by atoms with Gasteiger partial charge in [0.25, 0.3) is 0 Å². The SMILES string of the molecule is COCCNC(=O)N1C(C)(C)CC(N)CC1(C)C. The number of methoxy groups -OCH3 is 1. The lowest BCUT2D eigenvalue weighted by Gasteiger charge is -2.54. The fourth-order valence-electron chi connectivity index (χ4n) is 3.25. The van der Waals surface area contributed by atoms with Crippen LogP contribution in [0.5, 0.6) is 0 Å². The van der Waals surface area contributed by atoms with Gasteiger partial charge in [-0.2, -0.15) is 0 Å². The lowest BCUT2D eigenvalue weighted by molar-refractivity contribution is 0.00265. The third kappa shape index (κ3) is 3.36. The maximum Gasteiger partial charge on any atom is 0.318 e. The number of hydrogen-bond acceptors (Lipinski definition) is 3. The van der Waals surface area contributed by atoms with Crippen molar-refractivity contribution in [3.63, 3.8) is 0 Å². The maximum absolute atomic E-state index is 12.3. The summed E-state index contributed by atoms with van der Waals surface area (Å²) in [5.74, 6) is 0. The minimum absolute atomic E-state index is 0.0334. The highest BCUT2D eigenvalue weighted by Gasteiger charge is 2.46. The Morgan fingerprint density at radius 3 is 2.28 bits per heavy atom. The fourth-order valence-corrected chi connectivity index (χ4v) is 3.25. The summed E-state index contributed by atoms with van der Waals surface area (Å²) in [6, 6.07) is 0.118. The molecule has 0 spiro atoms. The Morgan fingerprint density at radius 2 is 1.83 bits per heavy atom. The third-order valence-electron chi connectivity index (χ3n) is 3.52. The molecule has 0 unspecified atom stereocenters. The van der Waals surface area contributed by atoms with E-state index in [1.807, 2.05) is 4.90 Å². The number of likely N-dealkylation sites (tertiary alicyclic amines) is 1. The second-order valence-electron chi connectivity index (χ2n) is 6.35. The van der Waals surface area contributed by atoms with Gasteiger partial charge in [0.2, 0.25) is 0 Å². The molecule has 1 aliphatic heterocycles. The molecule has 18 heavy (non-hydrogen) atoms. The number of nitrogens with zero attached hydrogens (tertiary/aromatic N) is 1. The first-order valence-electron chi connectivity index (χ1n) is 6.53. The molecule has 5 nitrogen and oxygen atoms in total. The predicted molar refractivity (Wildman–Crippen MR) is 72.5 cm³/mol. The minimum Gasteiger partial charge on any atom is -0.383 e. The van der Waals surface area contributed by atoms with E-state index in [1.165, 1.54) is 0 Å². The monoisotopic (exact) mass is 257 g/mol. The molecule has 1 aliphatic rings. The molecule has 1 fully saturated rings. The van der Waals surface area contributed by atoms with Gasteiger partial charge < -0.3 is 20.7 Å². The minimum atomic E-state index is -0.224. The molecular weight excluding hydrogens is 230 g/mol. The van der Waals surface area contributed by atoms with E-state index in [0.717, 1.165) is 12.8 Å². The van der Waals surface area contributed by atoms with Gasteiger partial charge >= 0.3 is 6.03 Å². The predicted octanol–water partition coefficient (Wildman–Crippen LogP) is 1.32. The van der Waals surface area contributed by atoms with Crippen LogP contribution in [0.15, 0.2) is 0 Å². The van der Waals surface area contributed by atoms with Gasteiger partial charge in [-0.25, -0.2) is 4.79 Å². The first kappa shape index (κ1) is 15.2. The van der Waals surface area contributed by atoms with Crippen molar-refractivity contribution < 1.29 is 9.53 Å². The molecule has 0 saturated carbocycles. The number of hydrogen-bond donors (Lipinski definition) is 2. The summed E-state index contributed by atoms with van der Waals surface area (Å²) in [6.45, 7) is 9.35. The van der Waals surface area contributed by atoms with Crippen molar-refractivity contribution in [1.29, 1.82) is 0 Å². The number of carbonyl (C=O) groups excluding carboxylic acids is 1. The molecule has 1 saturated heterocycles. The van der Waals surface area contributed by atoms with E-state index in [2.05, 4.69) is 33.0 Å². The lowest BCUT2D eigenvalue weighted by Crippen LogP contribution is -2.67. The fraction of sp³-hybridized carbons (Fsp3) is 0.923. The second-order valence-corrected chi connectivity index (χ2v) is 6.35. The molecule has 0 aromatic rings. The zero-order valence-electron chi connectivity index (χ0n) is 12.2. The summed E-state index contributed by atoms with van der Waals surface area (Å²) in [6.07, 6.45) is 1.66. The number of ether oxygens (including phenoxy) is 1. The van der Waals surface area contributed by atoms with E-state index in [9.17, 15) is 4.79 Å². The molecule has 0 aromatic carbocycles. The Balaban J connectivity index is 2.79. The van der Waals surface area contributed by atoms with Crippen LogP contribution >= 0.6 is 0 Å². The van der Waals surface area contributed by atoms with Crippen molar-refractivity contribution in [1.82, 2.24) is 10.2 Å². The van der Waals surface area contributed by atoms with Crippen LogP contribution < -0.4 is 11.1 Å². The summed E-state index contributed by atoms with van der Waals surface area (Å²) in [5, 5.41) is 2.90. The zero-order valence-corrected chi connectivity index (χ0v) is 12.2. The maximum atomic E-state index is 12.3. The summed E-state index contributed by atoms with van der Waals surface area (Å²) in [4.78, 5) is 14.3. The van der Waals surface area contributed by atoms with Crippen LogP contribution in [-0.2, 0) is 4.74 Å². The quantitative estimate of drug-likeness (QED) is 0.749. The number of nitrogens with one attached hydrogen (secondary N) is 1. The Labute approximate surface area is 110 Å². The molecule has 0 radical (unpaired) electrons. The lowest BCUT2D eigenvalue weighted by atomic mass is 9.77. The van der Waals surface area contributed by atoms with Crippen molar-refractivity contribution in [2.45, 2.75) is 57.7 Å². The van der Waals surface area contributed by atoms with Gasteiger partial charge in [0.15, 0.2) is 0 Å². The molecule has 106 valence electrons. The van der Waals surface area contributed by atoms with E-state index < -0.39 is 0 Å². The van der Waals surface area contributed by atoms with E-state index in [4.69, 9.17) is 10.5 Å². The van der Waals surface area contributed by atoms with Crippen molar-refractivity contribution in [3.8, 4) is 0 Å². The highest BCUT2D eigenvalue weighted by molar-refractivity contribution is 5.76. The molecule has 1 rings (SSSR count). The Hall–Kier alpha value is -0.810.